The topological polar surface area (TPSA) is 38.3 Å². The first-order chi connectivity index (χ1) is 11.7. The third-order valence-corrected chi connectivity index (χ3v) is 4.34. The summed E-state index contributed by atoms with van der Waals surface area (Å²) in [7, 11) is 0. The van der Waals surface area contributed by atoms with Crippen molar-refractivity contribution in [3.05, 3.63) is 71.8 Å². The van der Waals surface area contributed by atoms with Crippen LogP contribution in [0.2, 0.25) is 0 Å². The van der Waals surface area contributed by atoms with E-state index >= 15 is 0 Å². The first-order valence-electron chi connectivity index (χ1n) is 8.70. The molecule has 1 N–H and O–H groups in total. The minimum atomic E-state index is -0.0633. The first-order valence-corrected chi connectivity index (χ1v) is 8.70. The largest absolute Gasteiger partial charge is 0.367 e. The second-order valence-electron chi connectivity index (χ2n) is 6.01. The van der Waals surface area contributed by atoms with Crippen LogP contribution in [0.4, 0.5) is 0 Å². The lowest BCUT2D eigenvalue weighted by Crippen LogP contribution is -2.35. The second kappa shape index (κ2) is 9.89. The molecule has 3 heteroatoms. The smallest absolute Gasteiger partial charge is 0.246 e. The van der Waals surface area contributed by atoms with Crippen LogP contribution >= 0.6 is 0 Å². The van der Waals surface area contributed by atoms with Crippen molar-refractivity contribution in [2.24, 2.45) is 5.92 Å². The molecule has 0 aliphatic rings. The highest BCUT2D eigenvalue weighted by atomic mass is 16.5. The standard InChI is InChI=1S/C21H27NO2/c1-3-18(4-2)21(19-13-9-6-10-14-19)22-20(23)16-24-15-17-11-7-5-8-12-17/h5-14,18,21H,3-4,15-16H2,1-2H3,(H,22,23). The van der Waals surface area contributed by atoms with Gasteiger partial charge in [-0.25, -0.2) is 0 Å². The molecule has 0 aliphatic heterocycles. The van der Waals surface area contributed by atoms with Crippen LogP contribution < -0.4 is 5.32 Å². The summed E-state index contributed by atoms with van der Waals surface area (Å²) in [6, 6.07) is 20.1. The molecule has 0 radical (unpaired) electrons. The summed E-state index contributed by atoms with van der Waals surface area (Å²) >= 11 is 0. The fourth-order valence-electron chi connectivity index (χ4n) is 2.94. The third kappa shape index (κ3) is 5.50. The fourth-order valence-corrected chi connectivity index (χ4v) is 2.94. The predicted molar refractivity (Wildman–Crippen MR) is 97.5 cm³/mol. The first kappa shape index (κ1) is 18.2. The Balaban J connectivity index is 1.92. The van der Waals surface area contributed by atoms with Crippen molar-refractivity contribution in [1.82, 2.24) is 5.32 Å². The monoisotopic (exact) mass is 325 g/mol. The van der Waals surface area contributed by atoms with Gasteiger partial charge in [0.15, 0.2) is 0 Å². The molecule has 2 aromatic rings. The van der Waals surface area contributed by atoms with Crippen LogP contribution in [-0.4, -0.2) is 12.5 Å². The van der Waals surface area contributed by atoms with Crippen LogP contribution in [0, 0.1) is 5.92 Å². The molecule has 2 aromatic carbocycles. The van der Waals surface area contributed by atoms with Crippen LogP contribution in [-0.2, 0) is 16.1 Å². The van der Waals surface area contributed by atoms with Gasteiger partial charge in [-0.05, 0) is 17.0 Å². The number of ether oxygens (including phenoxy) is 1. The molecule has 0 heterocycles. The van der Waals surface area contributed by atoms with E-state index in [9.17, 15) is 4.79 Å². The lowest BCUT2D eigenvalue weighted by molar-refractivity contribution is -0.127. The van der Waals surface area contributed by atoms with Gasteiger partial charge in [-0.1, -0.05) is 87.4 Å². The Morgan fingerprint density at radius 1 is 0.958 bits per heavy atom. The molecular formula is C21H27NO2. The summed E-state index contributed by atoms with van der Waals surface area (Å²) in [6.45, 7) is 4.87. The molecule has 24 heavy (non-hydrogen) atoms. The Hall–Kier alpha value is -2.13. The van der Waals surface area contributed by atoms with Gasteiger partial charge in [0.05, 0.1) is 12.6 Å². The van der Waals surface area contributed by atoms with E-state index in [1.54, 1.807) is 0 Å². The number of carbonyl (C=O) groups excluding carboxylic acids is 1. The Morgan fingerprint density at radius 2 is 1.54 bits per heavy atom. The zero-order valence-corrected chi connectivity index (χ0v) is 14.6. The van der Waals surface area contributed by atoms with Crippen molar-refractivity contribution in [3.8, 4) is 0 Å². The molecule has 2 rings (SSSR count). The second-order valence-corrected chi connectivity index (χ2v) is 6.01. The fraction of sp³-hybridized carbons (Fsp3) is 0.381. The highest BCUT2D eigenvalue weighted by Crippen LogP contribution is 2.27. The van der Waals surface area contributed by atoms with Crippen molar-refractivity contribution in [1.29, 1.82) is 0 Å². The quantitative estimate of drug-likeness (QED) is 0.737. The molecule has 0 fully saturated rings. The van der Waals surface area contributed by atoms with E-state index in [0.29, 0.717) is 12.5 Å². The van der Waals surface area contributed by atoms with Crippen molar-refractivity contribution >= 4 is 5.91 Å². The average Bonchev–Trinajstić information content (AvgIpc) is 2.63. The van der Waals surface area contributed by atoms with Gasteiger partial charge >= 0.3 is 0 Å². The summed E-state index contributed by atoms with van der Waals surface area (Å²) in [6.07, 6.45) is 2.06. The number of amides is 1. The number of benzene rings is 2. The van der Waals surface area contributed by atoms with Crippen molar-refractivity contribution in [2.45, 2.75) is 39.3 Å². The predicted octanol–water partition coefficient (Wildman–Crippen LogP) is 4.50. The average molecular weight is 325 g/mol. The van der Waals surface area contributed by atoms with E-state index in [1.165, 1.54) is 0 Å². The maximum absolute atomic E-state index is 12.3. The zero-order chi connectivity index (χ0) is 17.2. The highest BCUT2D eigenvalue weighted by Gasteiger charge is 2.22. The van der Waals surface area contributed by atoms with Crippen LogP contribution in [0.1, 0.15) is 43.9 Å². The Morgan fingerprint density at radius 3 is 2.12 bits per heavy atom. The molecule has 0 saturated heterocycles. The molecule has 128 valence electrons. The molecular weight excluding hydrogens is 298 g/mol. The third-order valence-electron chi connectivity index (χ3n) is 4.34. The summed E-state index contributed by atoms with van der Waals surface area (Å²) in [5.74, 6) is 0.358. The van der Waals surface area contributed by atoms with Gasteiger partial charge in [0.1, 0.15) is 6.61 Å². The maximum atomic E-state index is 12.3. The van der Waals surface area contributed by atoms with E-state index in [4.69, 9.17) is 4.74 Å². The Kier molecular flexibility index (Phi) is 7.50. The number of hydrogen-bond acceptors (Lipinski definition) is 2. The molecule has 1 amide bonds. The number of carbonyl (C=O) groups is 1. The zero-order valence-electron chi connectivity index (χ0n) is 14.6. The molecule has 0 spiro atoms. The highest BCUT2D eigenvalue weighted by molar-refractivity contribution is 5.77. The van der Waals surface area contributed by atoms with E-state index in [2.05, 4.69) is 31.3 Å². The normalized spacial score (nSPS) is 12.1. The van der Waals surface area contributed by atoms with E-state index in [0.717, 1.165) is 24.0 Å². The molecule has 1 unspecified atom stereocenters. The van der Waals surface area contributed by atoms with E-state index in [-0.39, 0.29) is 18.6 Å². The number of nitrogens with one attached hydrogen (secondary N) is 1. The molecule has 0 bridgehead atoms. The summed E-state index contributed by atoms with van der Waals surface area (Å²) in [4.78, 5) is 12.3. The summed E-state index contributed by atoms with van der Waals surface area (Å²) in [5.41, 5.74) is 2.23. The van der Waals surface area contributed by atoms with Gasteiger partial charge in [0, 0.05) is 0 Å². The van der Waals surface area contributed by atoms with Crippen molar-refractivity contribution in [3.63, 3.8) is 0 Å². The molecule has 3 nitrogen and oxygen atoms in total. The Labute approximate surface area is 145 Å². The van der Waals surface area contributed by atoms with Crippen LogP contribution in [0.25, 0.3) is 0 Å². The van der Waals surface area contributed by atoms with Crippen LogP contribution in [0.3, 0.4) is 0 Å². The number of rotatable bonds is 9. The molecule has 0 aromatic heterocycles. The lowest BCUT2D eigenvalue weighted by atomic mass is 9.89. The molecule has 0 saturated carbocycles. The van der Waals surface area contributed by atoms with Gasteiger partial charge in [-0.2, -0.15) is 0 Å². The summed E-state index contributed by atoms with van der Waals surface area (Å²) in [5, 5.41) is 3.16. The maximum Gasteiger partial charge on any atom is 0.246 e. The number of hydrogen-bond donors (Lipinski definition) is 1. The molecule has 0 aliphatic carbocycles. The SMILES string of the molecule is CCC(CC)C(NC(=O)COCc1ccccc1)c1ccccc1. The molecule has 1 atom stereocenters. The summed E-state index contributed by atoms with van der Waals surface area (Å²) < 4.78 is 5.55. The lowest BCUT2D eigenvalue weighted by Gasteiger charge is -2.27. The van der Waals surface area contributed by atoms with Gasteiger partial charge < -0.3 is 10.1 Å². The van der Waals surface area contributed by atoms with E-state index in [1.807, 2.05) is 48.5 Å². The van der Waals surface area contributed by atoms with Gasteiger partial charge in [0.25, 0.3) is 0 Å². The van der Waals surface area contributed by atoms with Gasteiger partial charge in [-0.15, -0.1) is 0 Å². The van der Waals surface area contributed by atoms with Crippen molar-refractivity contribution in [2.75, 3.05) is 6.61 Å². The van der Waals surface area contributed by atoms with Crippen LogP contribution in [0.5, 0.6) is 0 Å². The minimum Gasteiger partial charge on any atom is -0.367 e. The van der Waals surface area contributed by atoms with Crippen molar-refractivity contribution < 1.29 is 9.53 Å². The van der Waals surface area contributed by atoms with E-state index < -0.39 is 0 Å². The van der Waals surface area contributed by atoms with Gasteiger partial charge in [0.2, 0.25) is 5.91 Å². The Bertz CT molecular complexity index is 594. The minimum absolute atomic E-state index is 0.0361. The van der Waals surface area contributed by atoms with Crippen LogP contribution in [0.15, 0.2) is 60.7 Å². The van der Waals surface area contributed by atoms with Gasteiger partial charge in [-0.3, -0.25) is 4.79 Å².